The molecule has 0 saturated carbocycles. The van der Waals surface area contributed by atoms with Crippen molar-refractivity contribution < 1.29 is 4.79 Å². The maximum atomic E-state index is 11.5. The quantitative estimate of drug-likeness (QED) is 0.425. The summed E-state index contributed by atoms with van der Waals surface area (Å²) in [6, 6.07) is -0.242. The number of carbonyl (C=O) groups is 1. The highest BCUT2D eigenvalue weighted by molar-refractivity contribution is 8.16. The molecule has 0 aromatic heterocycles. The lowest BCUT2D eigenvalue weighted by molar-refractivity contribution is 0.213. The summed E-state index contributed by atoms with van der Waals surface area (Å²) < 4.78 is 0.348. The summed E-state index contributed by atoms with van der Waals surface area (Å²) >= 11 is 7.27. The van der Waals surface area contributed by atoms with E-state index in [4.69, 9.17) is 11.6 Å². The second-order valence-corrected chi connectivity index (χ2v) is 4.69. The Morgan fingerprint density at radius 1 is 1.33 bits per heavy atom. The van der Waals surface area contributed by atoms with E-state index in [9.17, 15) is 4.79 Å². The van der Waals surface area contributed by atoms with Crippen molar-refractivity contribution in [1.82, 2.24) is 4.90 Å². The molecule has 2 amide bonds. The van der Waals surface area contributed by atoms with E-state index in [2.05, 4.69) is 11.9 Å². The Hall–Kier alpha value is -0.220. The van der Waals surface area contributed by atoms with Crippen LogP contribution in [0, 0.1) is 0 Å². The molecule has 15 heavy (non-hydrogen) atoms. The van der Waals surface area contributed by atoms with Gasteiger partial charge in [0, 0.05) is 18.8 Å². The minimum atomic E-state index is -0.242. The molecule has 0 aromatic rings. The van der Waals surface area contributed by atoms with Crippen LogP contribution in [0.15, 0.2) is 4.99 Å². The number of hydrogen-bond acceptors (Lipinski definition) is 2. The summed E-state index contributed by atoms with van der Waals surface area (Å²) in [4.78, 5) is 17.0. The summed E-state index contributed by atoms with van der Waals surface area (Å²) in [5.74, 6) is 0.921. The summed E-state index contributed by atoms with van der Waals surface area (Å²) in [6.07, 6.45) is 2.22. The number of halogens is 1. The van der Waals surface area contributed by atoms with Crippen LogP contribution >= 0.6 is 23.4 Å². The third kappa shape index (κ3) is 6.79. The first kappa shape index (κ1) is 14.8. The number of carbonyl (C=O) groups excluding carboxylic acids is 1. The molecular formula is C10H19ClN2OS. The highest BCUT2D eigenvalue weighted by Gasteiger charge is 2.08. The van der Waals surface area contributed by atoms with Crippen LogP contribution in [0.2, 0.25) is 0 Å². The van der Waals surface area contributed by atoms with Crippen LogP contribution in [0.5, 0.6) is 0 Å². The number of rotatable bonds is 5. The molecule has 88 valence electrons. The van der Waals surface area contributed by atoms with Crippen LogP contribution < -0.4 is 0 Å². The number of unbranched alkanes of at least 4 members (excludes halogenated alkanes) is 1. The molecule has 0 aliphatic carbocycles. The van der Waals surface area contributed by atoms with Gasteiger partial charge in [0.25, 0.3) is 0 Å². The fourth-order valence-electron chi connectivity index (χ4n) is 0.973. The van der Waals surface area contributed by atoms with Gasteiger partial charge in [-0.2, -0.15) is 4.99 Å². The van der Waals surface area contributed by atoms with Gasteiger partial charge in [0.1, 0.15) is 0 Å². The molecule has 0 spiro atoms. The van der Waals surface area contributed by atoms with E-state index in [1.807, 2.05) is 13.8 Å². The van der Waals surface area contributed by atoms with Crippen molar-refractivity contribution in [2.45, 2.75) is 33.6 Å². The Kier molecular flexibility index (Phi) is 8.91. The van der Waals surface area contributed by atoms with E-state index >= 15 is 0 Å². The third-order valence-corrected chi connectivity index (χ3v) is 3.17. The second-order valence-electron chi connectivity index (χ2n) is 3.02. The number of hydrogen-bond donors (Lipinski definition) is 0. The zero-order chi connectivity index (χ0) is 11.7. The van der Waals surface area contributed by atoms with Gasteiger partial charge in [0.05, 0.1) is 0 Å². The largest absolute Gasteiger partial charge is 0.345 e. The van der Waals surface area contributed by atoms with Gasteiger partial charge in [0.15, 0.2) is 4.50 Å². The maximum absolute atomic E-state index is 11.5. The van der Waals surface area contributed by atoms with Gasteiger partial charge in [0.2, 0.25) is 0 Å². The molecule has 0 atom stereocenters. The average molecular weight is 251 g/mol. The number of nitrogens with zero attached hydrogens (tertiary/aromatic N) is 2. The highest BCUT2D eigenvalue weighted by Crippen LogP contribution is 2.11. The number of aliphatic imine (C=N–C) groups is 1. The number of urea groups is 1. The predicted molar refractivity (Wildman–Crippen MR) is 69.0 cm³/mol. The fourth-order valence-corrected chi connectivity index (χ4v) is 2.02. The van der Waals surface area contributed by atoms with Crippen molar-refractivity contribution in [3.05, 3.63) is 0 Å². The molecule has 0 heterocycles. The van der Waals surface area contributed by atoms with Gasteiger partial charge in [-0.25, -0.2) is 4.79 Å². The summed E-state index contributed by atoms with van der Waals surface area (Å²) in [5.41, 5.74) is 0. The Morgan fingerprint density at radius 3 is 2.40 bits per heavy atom. The van der Waals surface area contributed by atoms with E-state index in [0.29, 0.717) is 17.6 Å². The zero-order valence-electron chi connectivity index (χ0n) is 9.62. The lowest BCUT2D eigenvalue weighted by Gasteiger charge is -2.14. The Balaban J connectivity index is 4.04. The molecule has 0 unspecified atom stereocenters. The van der Waals surface area contributed by atoms with Gasteiger partial charge in [-0.15, -0.1) is 0 Å². The van der Waals surface area contributed by atoms with Crippen LogP contribution in [0.4, 0.5) is 4.79 Å². The van der Waals surface area contributed by atoms with Crippen molar-refractivity contribution in [2.24, 2.45) is 4.99 Å². The first-order valence-electron chi connectivity index (χ1n) is 5.31. The molecular weight excluding hydrogens is 232 g/mol. The molecule has 0 bridgehead atoms. The average Bonchev–Trinajstić information content (AvgIpc) is 2.20. The minimum Gasteiger partial charge on any atom is -0.323 e. The standard InChI is InChI=1S/C10H19ClN2OS/c1-4-7-8-15-9(11)12-10(14)13(5-2)6-3/h4-8H2,1-3H3. The molecule has 0 rings (SSSR count). The molecule has 0 fully saturated rings. The summed E-state index contributed by atoms with van der Waals surface area (Å²) in [5, 5.41) is 0. The normalized spacial score (nSPS) is 11.6. The number of amides is 2. The molecule has 5 heteroatoms. The maximum Gasteiger partial charge on any atom is 0.345 e. The van der Waals surface area contributed by atoms with Crippen molar-refractivity contribution in [2.75, 3.05) is 18.8 Å². The number of thioether (sulfide) groups is 1. The van der Waals surface area contributed by atoms with Crippen LogP contribution in [-0.2, 0) is 0 Å². The van der Waals surface area contributed by atoms with Gasteiger partial charge >= 0.3 is 6.03 Å². The van der Waals surface area contributed by atoms with E-state index < -0.39 is 0 Å². The zero-order valence-corrected chi connectivity index (χ0v) is 11.2. The molecule has 3 nitrogen and oxygen atoms in total. The van der Waals surface area contributed by atoms with Gasteiger partial charge in [-0.3, -0.25) is 0 Å². The Bertz CT molecular complexity index is 217. The van der Waals surface area contributed by atoms with Gasteiger partial charge in [-0.1, -0.05) is 36.7 Å². The van der Waals surface area contributed by atoms with Crippen molar-refractivity contribution in [3.63, 3.8) is 0 Å². The molecule has 0 radical (unpaired) electrons. The predicted octanol–water partition coefficient (Wildman–Crippen LogP) is 3.58. The minimum absolute atomic E-state index is 0.242. The van der Waals surface area contributed by atoms with Gasteiger partial charge < -0.3 is 4.90 Å². The van der Waals surface area contributed by atoms with Gasteiger partial charge in [-0.05, 0) is 20.3 Å². The lowest BCUT2D eigenvalue weighted by Crippen LogP contribution is -2.28. The molecule has 0 aliphatic rings. The third-order valence-electron chi connectivity index (χ3n) is 1.94. The summed E-state index contributed by atoms with van der Waals surface area (Å²) in [7, 11) is 0. The van der Waals surface area contributed by atoms with Crippen molar-refractivity contribution in [1.29, 1.82) is 0 Å². The van der Waals surface area contributed by atoms with Crippen LogP contribution in [0.1, 0.15) is 33.6 Å². The van der Waals surface area contributed by atoms with E-state index in [1.165, 1.54) is 11.8 Å². The molecule has 0 saturated heterocycles. The monoisotopic (exact) mass is 250 g/mol. The lowest BCUT2D eigenvalue weighted by atomic mass is 10.4. The molecule has 0 aliphatic heterocycles. The first-order valence-corrected chi connectivity index (χ1v) is 6.67. The topological polar surface area (TPSA) is 32.7 Å². The summed E-state index contributed by atoms with van der Waals surface area (Å²) in [6.45, 7) is 7.31. The van der Waals surface area contributed by atoms with Crippen LogP contribution in [0.3, 0.4) is 0 Å². The van der Waals surface area contributed by atoms with Crippen molar-refractivity contribution >= 4 is 33.9 Å². The van der Waals surface area contributed by atoms with Crippen LogP contribution in [-0.4, -0.2) is 34.3 Å². The molecule has 0 aromatic carbocycles. The highest BCUT2D eigenvalue weighted by atomic mass is 35.5. The SMILES string of the molecule is CCCCSC(Cl)=NC(=O)N(CC)CC. The van der Waals surface area contributed by atoms with Crippen LogP contribution in [0.25, 0.3) is 0 Å². The van der Waals surface area contributed by atoms with E-state index in [-0.39, 0.29) is 6.03 Å². The fraction of sp³-hybridized carbons (Fsp3) is 0.800. The Labute approximate surface area is 101 Å². The smallest absolute Gasteiger partial charge is 0.323 e. The Morgan fingerprint density at radius 2 is 1.93 bits per heavy atom. The van der Waals surface area contributed by atoms with E-state index in [1.54, 1.807) is 4.90 Å². The van der Waals surface area contributed by atoms with Crippen molar-refractivity contribution in [3.8, 4) is 0 Å². The first-order chi connectivity index (χ1) is 7.15. The molecule has 0 N–H and O–H groups in total. The second kappa shape index (κ2) is 9.04. The van der Waals surface area contributed by atoms with E-state index in [0.717, 1.165) is 18.6 Å².